The Morgan fingerprint density at radius 1 is 1.28 bits per heavy atom. The third kappa shape index (κ3) is 2.94. The Labute approximate surface area is 146 Å². The standard InChI is InChI=1S/C19H20N6/c1-24(15-5-8-21-9-6-15)19-4-2-3-17(23-19)16-13-22-25-10-7-14(12-20)11-18(16)25/h2-4,7,10-11,13,15,21H,5-6,8-9H2,1H3. The van der Waals surface area contributed by atoms with Gasteiger partial charge in [0, 0.05) is 24.8 Å². The molecule has 6 heteroatoms. The molecule has 3 aromatic rings. The second-order valence-corrected chi connectivity index (χ2v) is 6.39. The number of hydrogen-bond acceptors (Lipinski definition) is 5. The van der Waals surface area contributed by atoms with Gasteiger partial charge in [-0.1, -0.05) is 6.07 Å². The number of nitrogens with zero attached hydrogens (tertiary/aromatic N) is 5. The molecular formula is C19H20N6. The number of piperidine rings is 1. The third-order valence-corrected chi connectivity index (χ3v) is 4.88. The molecule has 0 amide bonds. The predicted octanol–water partition coefficient (Wildman–Crippen LogP) is 2.46. The van der Waals surface area contributed by atoms with E-state index in [9.17, 15) is 0 Å². The van der Waals surface area contributed by atoms with Crippen LogP contribution in [0.1, 0.15) is 18.4 Å². The normalized spacial score (nSPS) is 15.2. The molecule has 1 aliphatic rings. The first-order chi connectivity index (χ1) is 12.3. The van der Waals surface area contributed by atoms with Crippen molar-refractivity contribution in [1.29, 1.82) is 5.26 Å². The number of aromatic nitrogens is 3. The van der Waals surface area contributed by atoms with Gasteiger partial charge in [0.15, 0.2) is 0 Å². The largest absolute Gasteiger partial charge is 0.357 e. The van der Waals surface area contributed by atoms with Crippen LogP contribution in [0.5, 0.6) is 0 Å². The smallest absolute Gasteiger partial charge is 0.129 e. The lowest BCUT2D eigenvalue weighted by molar-refractivity contribution is 0.442. The molecule has 25 heavy (non-hydrogen) atoms. The van der Waals surface area contributed by atoms with Gasteiger partial charge in [-0.15, -0.1) is 0 Å². The molecule has 0 bridgehead atoms. The SMILES string of the molecule is CN(c1cccc(-c2cnn3ccc(C#N)cc23)n1)C1CCNCC1. The van der Waals surface area contributed by atoms with Gasteiger partial charge in [-0.2, -0.15) is 10.4 Å². The van der Waals surface area contributed by atoms with Gasteiger partial charge in [-0.3, -0.25) is 0 Å². The molecule has 6 nitrogen and oxygen atoms in total. The maximum Gasteiger partial charge on any atom is 0.129 e. The molecule has 0 atom stereocenters. The van der Waals surface area contributed by atoms with Crippen LogP contribution < -0.4 is 10.2 Å². The van der Waals surface area contributed by atoms with Gasteiger partial charge in [-0.05, 0) is 50.2 Å². The van der Waals surface area contributed by atoms with Crippen molar-refractivity contribution in [3.8, 4) is 17.3 Å². The van der Waals surface area contributed by atoms with E-state index >= 15 is 0 Å². The number of pyridine rings is 2. The molecule has 1 saturated heterocycles. The Bertz CT molecular complexity index is 932. The number of hydrogen-bond donors (Lipinski definition) is 1. The van der Waals surface area contributed by atoms with Gasteiger partial charge >= 0.3 is 0 Å². The summed E-state index contributed by atoms with van der Waals surface area (Å²) in [6.45, 7) is 2.11. The minimum absolute atomic E-state index is 0.512. The second kappa shape index (κ2) is 6.54. The summed E-state index contributed by atoms with van der Waals surface area (Å²) in [6, 6.07) is 12.4. The summed E-state index contributed by atoms with van der Waals surface area (Å²) in [5.74, 6) is 0.972. The maximum absolute atomic E-state index is 9.15. The van der Waals surface area contributed by atoms with Gasteiger partial charge in [-0.25, -0.2) is 9.50 Å². The summed E-state index contributed by atoms with van der Waals surface area (Å²) < 4.78 is 1.78. The topological polar surface area (TPSA) is 69.2 Å². The van der Waals surface area contributed by atoms with Crippen LogP contribution in [0, 0.1) is 11.3 Å². The van der Waals surface area contributed by atoms with Crippen LogP contribution >= 0.6 is 0 Å². The predicted molar refractivity (Wildman–Crippen MR) is 97.4 cm³/mol. The first kappa shape index (κ1) is 15.6. The molecular weight excluding hydrogens is 312 g/mol. The minimum Gasteiger partial charge on any atom is -0.357 e. The molecule has 1 aliphatic heterocycles. The zero-order valence-electron chi connectivity index (χ0n) is 14.2. The molecule has 0 aliphatic carbocycles. The van der Waals surface area contributed by atoms with Gasteiger partial charge in [0.1, 0.15) is 5.82 Å². The lowest BCUT2D eigenvalue weighted by Crippen LogP contribution is -2.41. The number of rotatable bonds is 3. The third-order valence-electron chi connectivity index (χ3n) is 4.88. The van der Waals surface area contributed by atoms with Crippen LogP contribution in [0.4, 0.5) is 5.82 Å². The van der Waals surface area contributed by atoms with E-state index in [0.717, 1.165) is 48.5 Å². The van der Waals surface area contributed by atoms with E-state index in [-0.39, 0.29) is 0 Å². The van der Waals surface area contributed by atoms with Crippen LogP contribution in [0.2, 0.25) is 0 Å². The molecule has 4 rings (SSSR count). The lowest BCUT2D eigenvalue weighted by Gasteiger charge is -2.32. The Hall–Kier alpha value is -2.91. The monoisotopic (exact) mass is 332 g/mol. The van der Waals surface area contributed by atoms with E-state index in [2.05, 4.69) is 34.5 Å². The average Bonchev–Trinajstić information content (AvgIpc) is 3.11. The van der Waals surface area contributed by atoms with Crippen molar-refractivity contribution in [2.75, 3.05) is 25.0 Å². The number of nitriles is 1. The van der Waals surface area contributed by atoms with Crippen molar-refractivity contribution in [2.24, 2.45) is 0 Å². The summed E-state index contributed by atoms with van der Waals surface area (Å²) in [5, 5.41) is 16.9. The molecule has 1 N–H and O–H groups in total. The van der Waals surface area contributed by atoms with E-state index < -0.39 is 0 Å². The maximum atomic E-state index is 9.15. The highest BCUT2D eigenvalue weighted by molar-refractivity contribution is 5.79. The van der Waals surface area contributed by atoms with Gasteiger partial charge in [0.05, 0.1) is 29.0 Å². The van der Waals surface area contributed by atoms with Crippen molar-refractivity contribution in [2.45, 2.75) is 18.9 Å². The fraction of sp³-hybridized carbons (Fsp3) is 0.316. The van der Waals surface area contributed by atoms with E-state index in [1.54, 1.807) is 10.6 Å². The Morgan fingerprint density at radius 3 is 2.92 bits per heavy atom. The van der Waals surface area contributed by atoms with E-state index in [4.69, 9.17) is 10.2 Å². The molecule has 0 unspecified atom stereocenters. The first-order valence-corrected chi connectivity index (χ1v) is 8.55. The first-order valence-electron chi connectivity index (χ1n) is 8.55. The summed E-state index contributed by atoms with van der Waals surface area (Å²) in [5.41, 5.74) is 3.34. The summed E-state index contributed by atoms with van der Waals surface area (Å²) in [7, 11) is 2.12. The van der Waals surface area contributed by atoms with Crippen molar-refractivity contribution in [1.82, 2.24) is 19.9 Å². The van der Waals surface area contributed by atoms with Crippen LogP contribution in [0.3, 0.4) is 0 Å². The van der Waals surface area contributed by atoms with Gasteiger partial charge < -0.3 is 10.2 Å². The highest BCUT2D eigenvalue weighted by atomic mass is 15.2. The lowest BCUT2D eigenvalue weighted by atomic mass is 10.1. The molecule has 0 radical (unpaired) electrons. The number of anilines is 1. The van der Waals surface area contributed by atoms with E-state index in [1.165, 1.54) is 0 Å². The Kier molecular flexibility index (Phi) is 4.08. The fourth-order valence-corrected chi connectivity index (χ4v) is 3.40. The fourth-order valence-electron chi connectivity index (χ4n) is 3.40. The highest BCUT2D eigenvalue weighted by Gasteiger charge is 2.19. The van der Waals surface area contributed by atoms with E-state index in [1.807, 2.05) is 30.6 Å². The molecule has 126 valence electrons. The van der Waals surface area contributed by atoms with Crippen LogP contribution in [-0.4, -0.2) is 40.8 Å². The zero-order chi connectivity index (χ0) is 17.2. The molecule has 3 aromatic heterocycles. The molecule has 0 spiro atoms. The summed E-state index contributed by atoms with van der Waals surface area (Å²) in [6.07, 6.45) is 5.88. The zero-order valence-corrected chi connectivity index (χ0v) is 14.2. The van der Waals surface area contributed by atoms with E-state index in [0.29, 0.717) is 11.6 Å². The average molecular weight is 332 g/mol. The molecule has 1 fully saturated rings. The van der Waals surface area contributed by atoms with Crippen molar-refractivity contribution < 1.29 is 0 Å². The van der Waals surface area contributed by atoms with Crippen molar-refractivity contribution in [3.63, 3.8) is 0 Å². The minimum atomic E-state index is 0.512. The quantitative estimate of drug-likeness (QED) is 0.798. The molecule has 4 heterocycles. The van der Waals surface area contributed by atoms with Gasteiger partial charge in [0.2, 0.25) is 0 Å². The van der Waals surface area contributed by atoms with Crippen molar-refractivity contribution >= 4 is 11.3 Å². The van der Waals surface area contributed by atoms with Crippen LogP contribution in [0.25, 0.3) is 16.8 Å². The Morgan fingerprint density at radius 2 is 2.12 bits per heavy atom. The summed E-state index contributed by atoms with van der Waals surface area (Å²) in [4.78, 5) is 7.14. The number of nitrogens with one attached hydrogen (secondary N) is 1. The second-order valence-electron chi connectivity index (χ2n) is 6.39. The highest BCUT2D eigenvalue weighted by Crippen LogP contribution is 2.26. The van der Waals surface area contributed by atoms with Crippen LogP contribution in [-0.2, 0) is 0 Å². The molecule has 0 aromatic carbocycles. The Balaban J connectivity index is 1.71. The number of fused-ring (bicyclic) bond motifs is 1. The van der Waals surface area contributed by atoms with Crippen molar-refractivity contribution in [3.05, 3.63) is 48.3 Å². The summed E-state index contributed by atoms with van der Waals surface area (Å²) >= 11 is 0. The van der Waals surface area contributed by atoms with Gasteiger partial charge in [0.25, 0.3) is 0 Å². The van der Waals surface area contributed by atoms with Crippen LogP contribution in [0.15, 0.2) is 42.7 Å². The molecule has 0 saturated carbocycles.